The Balaban J connectivity index is 1.51. The van der Waals surface area contributed by atoms with Crippen molar-refractivity contribution < 1.29 is 19.1 Å². The number of carbonyl (C=O) groups is 2. The number of benzene rings is 2. The van der Waals surface area contributed by atoms with Crippen molar-refractivity contribution in [3.05, 3.63) is 65.2 Å². The molecule has 7 nitrogen and oxygen atoms in total. The van der Waals surface area contributed by atoms with Crippen LogP contribution in [0, 0.1) is 0 Å². The summed E-state index contributed by atoms with van der Waals surface area (Å²) in [7, 11) is 3.10. The molecule has 2 aromatic carbocycles. The van der Waals surface area contributed by atoms with Crippen molar-refractivity contribution >= 4 is 34.0 Å². The summed E-state index contributed by atoms with van der Waals surface area (Å²) in [4.78, 5) is 28.8. The number of carbonyl (C=O) groups excluding carboxylic acids is 2. The number of rotatable bonds is 8. The monoisotopic (exact) mass is 411 g/mol. The highest BCUT2D eigenvalue weighted by Gasteiger charge is 2.11. The van der Waals surface area contributed by atoms with Gasteiger partial charge in [0, 0.05) is 29.1 Å². The third kappa shape index (κ3) is 5.55. The third-order valence-electron chi connectivity index (χ3n) is 4.08. The first-order valence-corrected chi connectivity index (χ1v) is 9.79. The maximum Gasteiger partial charge on any atom is 0.257 e. The fourth-order valence-electron chi connectivity index (χ4n) is 2.62. The van der Waals surface area contributed by atoms with E-state index in [2.05, 4.69) is 15.6 Å². The molecule has 3 aromatic rings. The van der Waals surface area contributed by atoms with E-state index in [4.69, 9.17) is 9.47 Å². The van der Waals surface area contributed by atoms with Gasteiger partial charge in [0.05, 0.1) is 19.9 Å². The minimum Gasteiger partial charge on any atom is -0.493 e. The Hall–Kier alpha value is -3.39. The van der Waals surface area contributed by atoms with E-state index in [1.807, 2.05) is 11.4 Å². The van der Waals surface area contributed by atoms with E-state index >= 15 is 0 Å². The van der Waals surface area contributed by atoms with Gasteiger partial charge in [0.25, 0.3) is 5.91 Å². The van der Waals surface area contributed by atoms with E-state index in [9.17, 15) is 9.59 Å². The minimum absolute atomic E-state index is 0.139. The van der Waals surface area contributed by atoms with Crippen molar-refractivity contribution in [3.63, 3.8) is 0 Å². The van der Waals surface area contributed by atoms with Gasteiger partial charge in [-0.15, -0.1) is 11.3 Å². The summed E-state index contributed by atoms with van der Waals surface area (Å²) < 4.78 is 10.4. The van der Waals surface area contributed by atoms with Crippen molar-refractivity contribution in [2.75, 3.05) is 24.9 Å². The first-order chi connectivity index (χ1) is 14.1. The first-order valence-electron chi connectivity index (χ1n) is 8.91. The Morgan fingerprint density at radius 1 is 1.00 bits per heavy atom. The summed E-state index contributed by atoms with van der Waals surface area (Å²) in [5.41, 5.74) is 1.95. The second kappa shape index (κ2) is 9.70. The molecule has 0 aliphatic heterocycles. The zero-order valence-corrected chi connectivity index (χ0v) is 16.9. The number of hydrogen-bond acceptors (Lipinski definition) is 6. The Morgan fingerprint density at radius 3 is 2.48 bits per heavy atom. The number of hydrogen-bond donors (Lipinski definition) is 2. The molecule has 0 aliphatic rings. The number of methoxy groups -OCH3 is 2. The standard InChI is InChI=1S/C21H21N3O4S/c1-27-17-10-8-15(12-18(17)28-2)22-19(25)11-9-16-13-29-21(23-16)24-20(26)14-6-4-3-5-7-14/h3-8,10,12-13H,9,11H2,1-2H3,(H,22,25)(H,23,24,26). The average molecular weight is 411 g/mol. The average Bonchev–Trinajstić information content (AvgIpc) is 3.20. The summed E-state index contributed by atoms with van der Waals surface area (Å²) in [6.45, 7) is 0. The lowest BCUT2D eigenvalue weighted by molar-refractivity contribution is -0.116. The van der Waals surface area contributed by atoms with Gasteiger partial charge in [0.2, 0.25) is 5.91 Å². The lowest BCUT2D eigenvalue weighted by Crippen LogP contribution is -2.13. The van der Waals surface area contributed by atoms with E-state index in [0.717, 1.165) is 5.69 Å². The molecule has 0 saturated heterocycles. The lowest BCUT2D eigenvalue weighted by Gasteiger charge is -2.10. The lowest BCUT2D eigenvalue weighted by atomic mass is 10.2. The predicted octanol–water partition coefficient (Wildman–Crippen LogP) is 3.98. The molecule has 150 valence electrons. The summed E-state index contributed by atoms with van der Waals surface area (Å²) in [6, 6.07) is 14.1. The molecular weight excluding hydrogens is 390 g/mol. The van der Waals surface area contributed by atoms with Gasteiger partial charge >= 0.3 is 0 Å². The SMILES string of the molecule is COc1ccc(NC(=O)CCc2csc(NC(=O)c3ccccc3)n2)cc1OC. The van der Waals surface area contributed by atoms with Crippen molar-refractivity contribution in [2.45, 2.75) is 12.8 Å². The molecule has 0 bridgehead atoms. The number of ether oxygens (including phenoxy) is 2. The molecule has 0 saturated carbocycles. The fraction of sp³-hybridized carbons (Fsp3) is 0.190. The van der Waals surface area contributed by atoms with E-state index in [1.54, 1.807) is 56.7 Å². The van der Waals surface area contributed by atoms with Crippen LogP contribution in [-0.4, -0.2) is 31.0 Å². The number of anilines is 2. The number of nitrogens with zero attached hydrogens (tertiary/aromatic N) is 1. The van der Waals surface area contributed by atoms with Crippen LogP contribution < -0.4 is 20.1 Å². The molecule has 0 spiro atoms. The summed E-state index contributed by atoms with van der Waals surface area (Å²) in [6.07, 6.45) is 0.737. The minimum atomic E-state index is -0.210. The predicted molar refractivity (Wildman–Crippen MR) is 113 cm³/mol. The van der Waals surface area contributed by atoms with Gasteiger partial charge in [0.15, 0.2) is 16.6 Å². The van der Waals surface area contributed by atoms with Gasteiger partial charge in [-0.1, -0.05) is 18.2 Å². The highest BCUT2D eigenvalue weighted by atomic mass is 32.1. The molecule has 1 heterocycles. The van der Waals surface area contributed by atoms with E-state index in [1.165, 1.54) is 11.3 Å². The Kier molecular flexibility index (Phi) is 6.80. The fourth-order valence-corrected chi connectivity index (χ4v) is 3.36. The van der Waals surface area contributed by atoms with Gasteiger partial charge in [-0.25, -0.2) is 4.98 Å². The molecule has 2 N–H and O–H groups in total. The van der Waals surface area contributed by atoms with Crippen molar-refractivity contribution in [2.24, 2.45) is 0 Å². The van der Waals surface area contributed by atoms with Crippen LogP contribution in [0.25, 0.3) is 0 Å². The topological polar surface area (TPSA) is 89.6 Å². The number of aromatic nitrogens is 1. The molecule has 3 rings (SSSR count). The van der Waals surface area contributed by atoms with E-state index in [0.29, 0.717) is 34.3 Å². The van der Waals surface area contributed by atoms with Gasteiger partial charge in [-0.05, 0) is 30.7 Å². The number of aryl methyl sites for hydroxylation is 1. The summed E-state index contributed by atoms with van der Waals surface area (Å²) in [5, 5.41) is 7.95. The second-order valence-electron chi connectivity index (χ2n) is 6.08. The molecule has 1 aromatic heterocycles. The van der Waals surface area contributed by atoms with Crippen molar-refractivity contribution in [3.8, 4) is 11.5 Å². The number of nitrogens with one attached hydrogen (secondary N) is 2. The Labute approximate surface area is 172 Å². The van der Waals surface area contributed by atoms with Crippen LogP contribution in [0.4, 0.5) is 10.8 Å². The summed E-state index contributed by atoms with van der Waals surface area (Å²) in [5.74, 6) is 0.791. The van der Waals surface area contributed by atoms with Gasteiger partial charge in [-0.3, -0.25) is 14.9 Å². The highest BCUT2D eigenvalue weighted by Crippen LogP contribution is 2.29. The zero-order valence-electron chi connectivity index (χ0n) is 16.1. The van der Waals surface area contributed by atoms with Crippen LogP contribution in [0.5, 0.6) is 11.5 Å². The number of amides is 2. The van der Waals surface area contributed by atoms with Gasteiger partial charge in [0.1, 0.15) is 0 Å². The molecule has 8 heteroatoms. The van der Waals surface area contributed by atoms with Crippen LogP contribution in [0.3, 0.4) is 0 Å². The van der Waals surface area contributed by atoms with Crippen LogP contribution in [0.15, 0.2) is 53.9 Å². The maximum atomic E-state index is 12.2. The molecule has 0 fully saturated rings. The molecular formula is C21H21N3O4S. The maximum absolute atomic E-state index is 12.2. The smallest absolute Gasteiger partial charge is 0.257 e. The third-order valence-corrected chi connectivity index (χ3v) is 4.89. The quantitative estimate of drug-likeness (QED) is 0.585. The van der Waals surface area contributed by atoms with Crippen LogP contribution in [0.1, 0.15) is 22.5 Å². The van der Waals surface area contributed by atoms with Gasteiger partial charge in [-0.2, -0.15) is 0 Å². The highest BCUT2D eigenvalue weighted by molar-refractivity contribution is 7.14. The molecule has 0 unspecified atom stereocenters. The van der Waals surface area contributed by atoms with Crippen LogP contribution >= 0.6 is 11.3 Å². The number of thiazole rings is 1. The Bertz CT molecular complexity index is 989. The molecule has 0 atom stereocenters. The van der Waals surface area contributed by atoms with Crippen LogP contribution in [-0.2, 0) is 11.2 Å². The van der Waals surface area contributed by atoms with Crippen molar-refractivity contribution in [1.82, 2.24) is 4.98 Å². The molecule has 29 heavy (non-hydrogen) atoms. The molecule has 0 aliphatic carbocycles. The molecule has 2 amide bonds. The van der Waals surface area contributed by atoms with Crippen molar-refractivity contribution in [1.29, 1.82) is 0 Å². The summed E-state index contributed by atoms with van der Waals surface area (Å²) >= 11 is 1.33. The normalized spacial score (nSPS) is 10.3. The second-order valence-corrected chi connectivity index (χ2v) is 6.94. The largest absolute Gasteiger partial charge is 0.493 e. The van der Waals surface area contributed by atoms with Gasteiger partial charge < -0.3 is 14.8 Å². The van der Waals surface area contributed by atoms with E-state index in [-0.39, 0.29) is 18.2 Å². The van der Waals surface area contributed by atoms with E-state index < -0.39 is 0 Å². The Morgan fingerprint density at radius 2 is 1.76 bits per heavy atom. The molecule has 0 radical (unpaired) electrons. The zero-order chi connectivity index (χ0) is 20.6. The van der Waals surface area contributed by atoms with Crippen LogP contribution in [0.2, 0.25) is 0 Å². The first kappa shape index (κ1) is 20.3.